The fraction of sp³-hybridized carbons (Fsp3) is 0.400. The van der Waals surface area contributed by atoms with Gasteiger partial charge in [-0.1, -0.05) is 6.92 Å². The monoisotopic (exact) mass is 447 g/mol. The molecule has 1 heterocycles. The van der Waals surface area contributed by atoms with Crippen molar-refractivity contribution >= 4 is 28.2 Å². The summed E-state index contributed by atoms with van der Waals surface area (Å²) in [5.41, 5.74) is -0.904. The second kappa shape index (κ2) is 8.33. The van der Waals surface area contributed by atoms with Crippen LogP contribution in [0.1, 0.15) is 58.3 Å². The summed E-state index contributed by atoms with van der Waals surface area (Å²) in [6.07, 6.45) is 1.49. The zero-order chi connectivity index (χ0) is 22.3. The molecule has 1 N–H and O–H groups in total. The number of carbonyl (C=O) groups excluding carboxylic acids is 2. The Bertz CT molecular complexity index is 1010. The van der Waals surface area contributed by atoms with Gasteiger partial charge >= 0.3 is 5.97 Å². The molecule has 1 aromatic heterocycles. The van der Waals surface area contributed by atoms with Gasteiger partial charge < -0.3 is 10.1 Å². The first-order chi connectivity index (χ1) is 14.0. The van der Waals surface area contributed by atoms with Gasteiger partial charge in [-0.05, 0) is 44.6 Å². The van der Waals surface area contributed by atoms with Crippen LogP contribution in [0, 0.1) is 35.0 Å². The average molecular weight is 447 g/mol. The summed E-state index contributed by atoms with van der Waals surface area (Å²) in [5, 5.41) is 2.10. The van der Waals surface area contributed by atoms with Gasteiger partial charge in [-0.3, -0.25) is 4.79 Å². The Kier molecular flexibility index (Phi) is 6.16. The molecule has 10 heteroatoms. The van der Waals surface area contributed by atoms with E-state index in [0.29, 0.717) is 24.3 Å². The summed E-state index contributed by atoms with van der Waals surface area (Å²) in [5.74, 6) is -13.3. The molecule has 0 saturated heterocycles. The van der Waals surface area contributed by atoms with Gasteiger partial charge in [-0.25, -0.2) is 26.7 Å². The normalized spacial score (nSPS) is 15.8. The van der Waals surface area contributed by atoms with Crippen molar-refractivity contribution in [3.8, 4) is 0 Å². The number of amides is 1. The van der Waals surface area contributed by atoms with Crippen LogP contribution in [-0.2, 0) is 17.6 Å². The number of halogens is 5. The molecule has 3 rings (SSSR count). The Hall–Kier alpha value is -2.49. The van der Waals surface area contributed by atoms with Gasteiger partial charge in [0.15, 0.2) is 23.3 Å². The van der Waals surface area contributed by atoms with E-state index in [1.165, 1.54) is 0 Å². The third-order valence-corrected chi connectivity index (χ3v) is 5.89. The molecule has 1 aliphatic carbocycles. The molecular weight excluding hydrogens is 429 g/mol. The molecular formula is C20H18F5NO3S. The molecule has 30 heavy (non-hydrogen) atoms. The predicted molar refractivity (Wildman–Crippen MR) is 100 cm³/mol. The van der Waals surface area contributed by atoms with Crippen molar-refractivity contribution in [3.63, 3.8) is 0 Å². The van der Waals surface area contributed by atoms with Gasteiger partial charge in [0.1, 0.15) is 10.6 Å². The molecule has 0 aliphatic heterocycles. The Morgan fingerprint density at radius 2 is 1.57 bits per heavy atom. The molecule has 1 atom stereocenters. The lowest BCUT2D eigenvalue weighted by atomic mass is 9.88. The minimum absolute atomic E-state index is 0.0475. The topological polar surface area (TPSA) is 55.4 Å². The zero-order valence-corrected chi connectivity index (χ0v) is 17.1. The van der Waals surface area contributed by atoms with Crippen LogP contribution in [0.2, 0.25) is 0 Å². The maximum absolute atomic E-state index is 14.0. The predicted octanol–water partition coefficient (Wildman–Crippen LogP) is 5.39. The van der Waals surface area contributed by atoms with Crippen LogP contribution in [0.5, 0.6) is 0 Å². The molecule has 0 bridgehead atoms. The molecule has 1 amide bonds. The van der Waals surface area contributed by atoms with Crippen molar-refractivity contribution in [2.45, 2.75) is 46.1 Å². The first kappa shape index (κ1) is 22.2. The number of esters is 1. The van der Waals surface area contributed by atoms with E-state index in [1.807, 2.05) is 6.92 Å². The van der Waals surface area contributed by atoms with E-state index in [-0.39, 0.29) is 10.6 Å². The number of ether oxygens (including phenoxy) is 1. The van der Waals surface area contributed by atoms with Gasteiger partial charge in [0, 0.05) is 4.88 Å². The van der Waals surface area contributed by atoms with Crippen molar-refractivity contribution < 1.29 is 36.3 Å². The van der Waals surface area contributed by atoms with E-state index in [4.69, 9.17) is 4.74 Å². The molecule has 2 aromatic rings. The lowest BCUT2D eigenvalue weighted by Gasteiger charge is -2.19. The Labute approximate surface area is 173 Å². The third kappa shape index (κ3) is 3.92. The zero-order valence-electron chi connectivity index (χ0n) is 16.3. The van der Waals surface area contributed by atoms with Crippen LogP contribution in [0.4, 0.5) is 27.0 Å². The minimum atomic E-state index is -2.36. The lowest BCUT2D eigenvalue weighted by molar-refractivity contribution is 0.0378. The average Bonchev–Trinajstić information content (AvgIpc) is 3.01. The van der Waals surface area contributed by atoms with Crippen molar-refractivity contribution in [3.05, 3.63) is 50.7 Å². The summed E-state index contributed by atoms with van der Waals surface area (Å²) in [6, 6.07) is 0. The van der Waals surface area contributed by atoms with Crippen molar-refractivity contribution in [2.24, 2.45) is 5.92 Å². The molecule has 1 aromatic carbocycles. The number of hydrogen-bond acceptors (Lipinski definition) is 4. The lowest BCUT2D eigenvalue weighted by Crippen LogP contribution is -2.21. The summed E-state index contributed by atoms with van der Waals surface area (Å²) < 4.78 is 73.4. The molecule has 4 nitrogen and oxygen atoms in total. The van der Waals surface area contributed by atoms with Gasteiger partial charge in [-0.2, -0.15) is 0 Å². The first-order valence-corrected chi connectivity index (χ1v) is 10.0. The van der Waals surface area contributed by atoms with Crippen molar-refractivity contribution in [1.82, 2.24) is 0 Å². The van der Waals surface area contributed by atoms with Crippen LogP contribution < -0.4 is 5.32 Å². The van der Waals surface area contributed by atoms with Crippen LogP contribution in [-0.4, -0.2) is 18.0 Å². The molecule has 0 spiro atoms. The van der Waals surface area contributed by atoms with Gasteiger partial charge in [-0.15, -0.1) is 11.3 Å². The second-order valence-electron chi connectivity index (χ2n) is 7.41. The van der Waals surface area contributed by atoms with Crippen LogP contribution in [0.3, 0.4) is 0 Å². The molecule has 0 saturated carbocycles. The summed E-state index contributed by atoms with van der Waals surface area (Å²) in [4.78, 5) is 25.9. The minimum Gasteiger partial charge on any atom is -0.459 e. The fourth-order valence-corrected chi connectivity index (χ4v) is 4.69. The number of hydrogen-bond donors (Lipinski definition) is 1. The SMILES string of the molecule is CC1CCc2c(sc(NC(=O)c3c(F)c(F)c(F)c(F)c3F)c2C(=O)OC(C)C)C1. The smallest absolute Gasteiger partial charge is 0.341 e. The standard InChI is InChI=1S/C20H18F5NO3S/c1-7(2)29-20(28)11-9-5-4-8(3)6-10(9)30-19(11)26-18(27)12-13(21)15(23)17(25)16(24)14(12)22/h7-8H,4-6H2,1-3H3,(H,26,27). The Morgan fingerprint density at radius 1 is 1.00 bits per heavy atom. The molecule has 1 aliphatic rings. The van der Waals surface area contributed by atoms with E-state index in [2.05, 4.69) is 5.32 Å². The van der Waals surface area contributed by atoms with Crippen LogP contribution in [0.15, 0.2) is 0 Å². The summed E-state index contributed by atoms with van der Waals surface area (Å²) in [7, 11) is 0. The number of benzene rings is 1. The maximum Gasteiger partial charge on any atom is 0.341 e. The highest BCUT2D eigenvalue weighted by atomic mass is 32.1. The second-order valence-corrected chi connectivity index (χ2v) is 8.51. The van der Waals surface area contributed by atoms with Gasteiger partial charge in [0.25, 0.3) is 5.91 Å². The molecule has 0 radical (unpaired) electrons. The number of carbonyl (C=O) groups is 2. The van der Waals surface area contributed by atoms with Crippen LogP contribution >= 0.6 is 11.3 Å². The van der Waals surface area contributed by atoms with Gasteiger partial charge in [0.2, 0.25) is 5.82 Å². The molecule has 1 unspecified atom stereocenters. The van der Waals surface area contributed by atoms with Crippen LogP contribution in [0.25, 0.3) is 0 Å². The van der Waals surface area contributed by atoms with E-state index in [1.54, 1.807) is 13.8 Å². The highest BCUT2D eigenvalue weighted by molar-refractivity contribution is 7.17. The quantitative estimate of drug-likeness (QED) is 0.296. The fourth-order valence-electron chi connectivity index (χ4n) is 3.30. The number of fused-ring (bicyclic) bond motifs is 1. The largest absolute Gasteiger partial charge is 0.459 e. The summed E-state index contributed by atoms with van der Waals surface area (Å²) in [6.45, 7) is 5.28. The third-order valence-electron chi connectivity index (χ3n) is 4.72. The first-order valence-electron chi connectivity index (χ1n) is 9.21. The number of nitrogens with one attached hydrogen (secondary N) is 1. The summed E-state index contributed by atoms with van der Waals surface area (Å²) >= 11 is 1.03. The molecule has 0 fully saturated rings. The number of thiophene rings is 1. The highest BCUT2D eigenvalue weighted by Gasteiger charge is 2.33. The Morgan fingerprint density at radius 3 is 2.13 bits per heavy atom. The molecule has 162 valence electrons. The Balaban J connectivity index is 2.05. The van der Waals surface area contributed by atoms with E-state index in [0.717, 1.165) is 22.6 Å². The highest BCUT2D eigenvalue weighted by Crippen LogP contribution is 2.40. The van der Waals surface area contributed by atoms with E-state index < -0.39 is 52.6 Å². The van der Waals surface area contributed by atoms with E-state index in [9.17, 15) is 31.5 Å². The van der Waals surface area contributed by atoms with Crippen molar-refractivity contribution in [2.75, 3.05) is 5.32 Å². The maximum atomic E-state index is 14.0. The van der Waals surface area contributed by atoms with E-state index >= 15 is 0 Å². The number of anilines is 1. The number of rotatable bonds is 4. The van der Waals surface area contributed by atoms with Gasteiger partial charge in [0.05, 0.1) is 11.7 Å². The van der Waals surface area contributed by atoms with Crippen molar-refractivity contribution in [1.29, 1.82) is 0 Å².